The Bertz CT molecular complexity index is 555. The van der Waals surface area contributed by atoms with Gasteiger partial charge in [0.2, 0.25) is 0 Å². The molecule has 6 nitrogen and oxygen atoms in total. The third kappa shape index (κ3) is 3.13. The van der Waals surface area contributed by atoms with E-state index in [1.54, 1.807) is 25.5 Å². The fourth-order valence-electron chi connectivity index (χ4n) is 1.40. The summed E-state index contributed by atoms with van der Waals surface area (Å²) in [5, 5.41) is 7.85. The molecular formula is C11H11BrN4O2. The first-order valence-corrected chi connectivity index (χ1v) is 6.15. The quantitative estimate of drug-likeness (QED) is 0.803. The van der Waals surface area contributed by atoms with Crippen molar-refractivity contribution >= 4 is 21.9 Å². The van der Waals surface area contributed by atoms with Crippen LogP contribution in [0.1, 0.15) is 6.92 Å². The second-order valence-electron chi connectivity index (χ2n) is 3.50. The molecule has 0 saturated heterocycles. The molecule has 0 aliphatic heterocycles. The predicted molar refractivity (Wildman–Crippen MR) is 67.6 cm³/mol. The number of hydrogen-bond acceptors (Lipinski definition) is 5. The van der Waals surface area contributed by atoms with Gasteiger partial charge in [0.25, 0.3) is 0 Å². The van der Waals surface area contributed by atoms with Crippen molar-refractivity contribution in [3.05, 3.63) is 29.1 Å². The second-order valence-corrected chi connectivity index (χ2v) is 4.41. The van der Waals surface area contributed by atoms with Crippen molar-refractivity contribution in [3.63, 3.8) is 0 Å². The minimum absolute atomic E-state index is 0.0578. The number of rotatable bonds is 4. The summed E-state index contributed by atoms with van der Waals surface area (Å²) in [4.78, 5) is 15.3. The molecule has 0 amide bonds. The largest absolute Gasteiger partial charge is 0.465 e. The van der Waals surface area contributed by atoms with Gasteiger partial charge < -0.3 is 4.74 Å². The third-order valence-electron chi connectivity index (χ3n) is 2.14. The van der Waals surface area contributed by atoms with E-state index in [4.69, 9.17) is 4.74 Å². The van der Waals surface area contributed by atoms with Gasteiger partial charge in [-0.2, -0.15) is 0 Å². The fourth-order valence-corrected chi connectivity index (χ4v) is 1.76. The lowest BCUT2D eigenvalue weighted by molar-refractivity contribution is -0.144. The topological polar surface area (TPSA) is 69.9 Å². The van der Waals surface area contributed by atoms with Crippen LogP contribution in [-0.2, 0) is 16.1 Å². The van der Waals surface area contributed by atoms with E-state index in [2.05, 4.69) is 31.2 Å². The summed E-state index contributed by atoms with van der Waals surface area (Å²) >= 11 is 3.34. The molecule has 0 aliphatic carbocycles. The van der Waals surface area contributed by atoms with Crippen molar-refractivity contribution in [1.29, 1.82) is 0 Å². The monoisotopic (exact) mass is 310 g/mol. The minimum Gasteiger partial charge on any atom is -0.465 e. The summed E-state index contributed by atoms with van der Waals surface area (Å²) in [5.41, 5.74) is 1.49. The van der Waals surface area contributed by atoms with Crippen LogP contribution in [0.4, 0.5) is 0 Å². The summed E-state index contributed by atoms with van der Waals surface area (Å²) in [6.07, 6.45) is 5.05. The molecule has 7 heteroatoms. The van der Waals surface area contributed by atoms with Crippen molar-refractivity contribution in [2.75, 3.05) is 6.61 Å². The summed E-state index contributed by atoms with van der Waals surface area (Å²) in [6.45, 7) is 2.18. The molecule has 0 bridgehead atoms. The van der Waals surface area contributed by atoms with Gasteiger partial charge in [-0.1, -0.05) is 5.21 Å². The van der Waals surface area contributed by atoms with Gasteiger partial charge in [-0.05, 0) is 28.9 Å². The SMILES string of the molecule is CCOC(=O)Cn1cc(-c2cncc(Br)c2)nn1. The van der Waals surface area contributed by atoms with Crippen molar-refractivity contribution in [2.45, 2.75) is 13.5 Å². The van der Waals surface area contributed by atoms with Crippen LogP contribution in [0.2, 0.25) is 0 Å². The van der Waals surface area contributed by atoms with Crippen molar-refractivity contribution < 1.29 is 9.53 Å². The zero-order valence-electron chi connectivity index (χ0n) is 9.71. The molecule has 2 rings (SSSR count). The highest BCUT2D eigenvalue weighted by atomic mass is 79.9. The molecular weight excluding hydrogens is 300 g/mol. The minimum atomic E-state index is -0.332. The highest BCUT2D eigenvalue weighted by molar-refractivity contribution is 9.10. The Morgan fingerprint density at radius 3 is 3.06 bits per heavy atom. The zero-order chi connectivity index (χ0) is 13.0. The first-order valence-electron chi connectivity index (χ1n) is 5.35. The Balaban J connectivity index is 2.13. The third-order valence-corrected chi connectivity index (χ3v) is 2.57. The average molecular weight is 311 g/mol. The molecule has 94 valence electrons. The van der Waals surface area contributed by atoms with Crippen LogP contribution in [0.15, 0.2) is 29.1 Å². The van der Waals surface area contributed by atoms with Gasteiger partial charge in [0.15, 0.2) is 0 Å². The molecule has 0 saturated carbocycles. The number of ether oxygens (including phenoxy) is 1. The highest BCUT2D eigenvalue weighted by Crippen LogP contribution is 2.18. The number of nitrogens with zero attached hydrogens (tertiary/aromatic N) is 4. The fraction of sp³-hybridized carbons (Fsp3) is 0.273. The van der Waals surface area contributed by atoms with Gasteiger partial charge in [-0.25, -0.2) is 4.68 Å². The van der Waals surface area contributed by atoms with E-state index in [-0.39, 0.29) is 12.5 Å². The Hall–Kier alpha value is -1.76. The maximum atomic E-state index is 11.3. The Morgan fingerprint density at radius 2 is 2.33 bits per heavy atom. The summed E-state index contributed by atoms with van der Waals surface area (Å²) < 4.78 is 7.13. The van der Waals surface area contributed by atoms with Crippen molar-refractivity contribution in [2.24, 2.45) is 0 Å². The summed E-state index contributed by atoms with van der Waals surface area (Å²) in [6, 6.07) is 1.88. The predicted octanol–water partition coefficient (Wildman–Crippen LogP) is 1.67. The van der Waals surface area contributed by atoms with Gasteiger partial charge in [-0.15, -0.1) is 5.10 Å². The molecule has 18 heavy (non-hydrogen) atoms. The maximum absolute atomic E-state index is 11.3. The van der Waals surface area contributed by atoms with Crippen LogP contribution in [-0.4, -0.2) is 32.6 Å². The Kier molecular flexibility index (Phi) is 4.03. The van der Waals surface area contributed by atoms with Crippen LogP contribution < -0.4 is 0 Å². The lowest BCUT2D eigenvalue weighted by atomic mass is 10.2. The summed E-state index contributed by atoms with van der Waals surface area (Å²) in [5.74, 6) is -0.332. The van der Waals surface area contributed by atoms with Gasteiger partial charge in [0.05, 0.1) is 12.8 Å². The van der Waals surface area contributed by atoms with Crippen molar-refractivity contribution in [3.8, 4) is 11.3 Å². The van der Waals surface area contributed by atoms with Crippen LogP contribution in [0.3, 0.4) is 0 Å². The molecule has 0 atom stereocenters. The smallest absolute Gasteiger partial charge is 0.327 e. The van der Waals surface area contributed by atoms with E-state index in [1.165, 1.54) is 4.68 Å². The van der Waals surface area contributed by atoms with Crippen LogP contribution in [0, 0.1) is 0 Å². The standard InChI is InChI=1S/C11H11BrN4O2/c1-2-18-11(17)7-16-6-10(14-15-16)8-3-9(12)5-13-4-8/h3-6H,2,7H2,1H3. The van der Waals surface area contributed by atoms with Gasteiger partial charge in [0.1, 0.15) is 12.2 Å². The van der Waals surface area contributed by atoms with E-state index in [9.17, 15) is 4.79 Å². The van der Waals surface area contributed by atoms with Gasteiger partial charge in [-0.3, -0.25) is 9.78 Å². The van der Waals surface area contributed by atoms with Crippen molar-refractivity contribution in [1.82, 2.24) is 20.0 Å². The van der Waals surface area contributed by atoms with E-state index >= 15 is 0 Å². The molecule has 0 radical (unpaired) electrons. The summed E-state index contributed by atoms with van der Waals surface area (Å²) in [7, 11) is 0. The van der Waals surface area contributed by atoms with Crippen LogP contribution in [0.25, 0.3) is 11.3 Å². The van der Waals surface area contributed by atoms with Gasteiger partial charge in [0, 0.05) is 22.4 Å². The first-order chi connectivity index (χ1) is 8.69. The zero-order valence-corrected chi connectivity index (χ0v) is 11.3. The van der Waals surface area contributed by atoms with E-state index in [0.29, 0.717) is 12.3 Å². The molecule has 2 aromatic rings. The number of hydrogen-bond donors (Lipinski definition) is 0. The molecule has 2 aromatic heterocycles. The molecule has 2 heterocycles. The number of esters is 1. The highest BCUT2D eigenvalue weighted by Gasteiger charge is 2.08. The van der Waals surface area contributed by atoms with E-state index in [1.807, 2.05) is 6.07 Å². The van der Waals surface area contributed by atoms with E-state index < -0.39 is 0 Å². The first kappa shape index (κ1) is 12.7. The number of carbonyl (C=O) groups is 1. The molecule has 0 aliphatic rings. The molecule has 0 unspecified atom stereocenters. The van der Waals surface area contributed by atoms with E-state index in [0.717, 1.165) is 10.0 Å². The number of pyridine rings is 1. The molecule has 0 aromatic carbocycles. The van der Waals surface area contributed by atoms with Crippen LogP contribution >= 0.6 is 15.9 Å². The number of carbonyl (C=O) groups excluding carboxylic acids is 1. The number of halogens is 1. The molecule has 0 spiro atoms. The maximum Gasteiger partial charge on any atom is 0.327 e. The second kappa shape index (κ2) is 5.72. The Morgan fingerprint density at radius 1 is 1.50 bits per heavy atom. The van der Waals surface area contributed by atoms with Gasteiger partial charge >= 0.3 is 5.97 Å². The normalized spacial score (nSPS) is 10.3. The van der Waals surface area contributed by atoms with Crippen LogP contribution in [0.5, 0.6) is 0 Å². The lowest BCUT2D eigenvalue weighted by Gasteiger charge is -2.00. The lowest BCUT2D eigenvalue weighted by Crippen LogP contribution is -2.13. The average Bonchev–Trinajstić information content (AvgIpc) is 2.78. The molecule has 0 fully saturated rings. The number of aromatic nitrogens is 4. The Labute approximate surface area is 112 Å². The molecule has 0 N–H and O–H groups in total.